The molecule has 0 spiro atoms. The van der Waals surface area contributed by atoms with E-state index in [0.717, 1.165) is 50.8 Å². The molecule has 2 atom stereocenters. The van der Waals surface area contributed by atoms with Gasteiger partial charge >= 0.3 is 11.9 Å². The topological polar surface area (TPSA) is 55.8 Å². The molecule has 0 saturated carbocycles. The van der Waals surface area contributed by atoms with Gasteiger partial charge in [-0.3, -0.25) is 14.5 Å². The van der Waals surface area contributed by atoms with Crippen LogP contribution in [-0.2, 0) is 19.1 Å². The maximum Gasteiger partial charge on any atom is 0.306 e. The summed E-state index contributed by atoms with van der Waals surface area (Å²) in [5.74, 6) is -0.245. The second-order valence-electron chi connectivity index (χ2n) is 6.40. The summed E-state index contributed by atoms with van der Waals surface area (Å²) in [5, 5.41) is 0. The molecule has 23 heavy (non-hydrogen) atoms. The zero-order chi connectivity index (χ0) is 16.7. The molecule has 1 unspecified atom stereocenters. The Balaban J connectivity index is 1.82. The highest BCUT2D eigenvalue weighted by atomic mass is 16.5. The third-order valence-corrected chi connectivity index (χ3v) is 4.57. The molecule has 0 aromatic heterocycles. The first-order valence-corrected chi connectivity index (χ1v) is 8.93. The van der Waals surface area contributed by atoms with E-state index >= 15 is 0 Å². The standard InChI is InChI=1S/C18H29NO4/c1-3-5-7-16(20)22-13-14-9-11-19-12-10-15(18(14)19)23-17(21)8-6-4-2/h9,15,18H,3-8,10-13H2,1-2H3/t15-,18?/m0/s1. The van der Waals surface area contributed by atoms with Gasteiger partial charge < -0.3 is 9.47 Å². The minimum atomic E-state index is -0.138. The molecule has 1 saturated heterocycles. The molecule has 130 valence electrons. The second kappa shape index (κ2) is 9.06. The van der Waals surface area contributed by atoms with Crippen LogP contribution < -0.4 is 0 Å². The lowest BCUT2D eigenvalue weighted by molar-refractivity contribution is -0.150. The molecule has 1 fully saturated rings. The van der Waals surface area contributed by atoms with Gasteiger partial charge in [0.2, 0.25) is 0 Å². The van der Waals surface area contributed by atoms with Crippen LogP contribution >= 0.6 is 0 Å². The monoisotopic (exact) mass is 323 g/mol. The number of carbonyl (C=O) groups excluding carboxylic acids is 2. The van der Waals surface area contributed by atoms with Gasteiger partial charge in [-0.15, -0.1) is 0 Å². The van der Waals surface area contributed by atoms with Gasteiger partial charge in [0.1, 0.15) is 12.7 Å². The highest BCUT2D eigenvalue weighted by molar-refractivity contribution is 5.70. The molecule has 5 nitrogen and oxygen atoms in total. The lowest BCUT2D eigenvalue weighted by Crippen LogP contribution is -2.36. The average Bonchev–Trinajstić information content (AvgIpc) is 3.12. The number of esters is 2. The third-order valence-electron chi connectivity index (χ3n) is 4.57. The summed E-state index contributed by atoms with van der Waals surface area (Å²) < 4.78 is 11.0. The minimum Gasteiger partial charge on any atom is -0.461 e. The van der Waals surface area contributed by atoms with Crippen LogP contribution in [-0.4, -0.2) is 48.7 Å². The number of rotatable bonds is 9. The molecule has 0 aromatic rings. The fourth-order valence-electron chi connectivity index (χ4n) is 3.23. The van der Waals surface area contributed by atoms with Gasteiger partial charge in [-0.25, -0.2) is 0 Å². The van der Waals surface area contributed by atoms with E-state index in [1.54, 1.807) is 0 Å². The van der Waals surface area contributed by atoms with Gasteiger partial charge in [-0.1, -0.05) is 32.8 Å². The summed E-state index contributed by atoms with van der Waals surface area (Å²) in [4.78, 5) is 25.9. The van der Waals surface area contributed by atoms with Crippen LogP contribution in [0.5, 0.6) is 0 Å². The number of carbonyl (C=O) groups is 2. The van der Waals surface area contributed by atoms with Crippen LogP contribution in [0.1, 0.15) is 58.8 Å². The zero-order valence-electron chi connectivity index (χ0n) is 14.4. The highest BCUT2D eigenvalue weighted by Gasteiger charge is 2.41. The van der Waals surface area contributed by atoms with Crippen molar-refractivity contribution >= 4 is 11.9 Å². The Morgan fingerprint density at radius 3 is 2.57 bits per heavy atom. The fourth-order valence-corrected chi connectivity index (χ4v) is 3.23. The van der Waals surface area contributed by atoms with Gasteiger partial charge in [0.05, 0.1) is 6.04 Å². The molecule has 0 N–H and O–H groups in total. The molecule has 0 aliphatic carbocycles. The van der Waals surface area contributed by atoms with Crippen molar-refractivity contribution in [3.63, 3.8) is 0 Å². The van der Waals surface area contributed by atoms with Crippen LogP contribution in [0.3, 0.4) is 0 Å². The van der Waals surface area contributed by atoms with E-state index in [1.165, 1.54) is 0 Å². The van der Waals surface area contributed by atoms with E-state index in [9.17, 15) is 9.59 Å². The normalized spacial score (nSPS) is 23.5. The van der Waals surface area contributed by atoms with E-state index in [0.29, 0.717) is 19.4 Å². The summed E-state index contributed by atoms with van der Waals surface area (Å²) in [6.45, 7) is 6.23. The van der Waals surface area contributed by atoms with E-state index < -0.39 is 0 Å². The quantitative estimate of drug-likeness (QED) is 0.482. The van der Waals surface area contributed by atoms with Crippen molar-refractivity contribution in [2.24, 2.45) is 0 Å². The summed E-state index contributed by atoms with van der Waals surface area (Å²) in [7, 11) is 0. The SMILES string of the molecule is CCCCC(=O)OCC1=CCN2CC[C@H](OC(=O)CCCC)C12. The maximum atomic E-state index is 11.9. The lowest BCUT2D eigenvalue weighted by atomic mass is 10.0. The molecule has 2 aliphatic rings. The van der Waals surface area contributed by atoms with E-state index in [2.05, 4.69) is 24.8 Å². The van der Waals surface area contributed by atoms with E-state index in [1.807, 2.05) is 0 Å². The van der Waals surface area contributed by atoms with Gasteiger partial charge in [-0.2, -0.15) is 0 Å². The summed E-state index contributed by atoms with van der Waals surface area (Å²) >= 11 is 0. The van der Waals surface area contributed by atoms with E-state index in [-0.39, 0.29) is 24.1 Å². The van der Waals surface area contributed by atoms with Crippen molar-refractivity contribution in [1.82, 2.24) is 4.90 Å². The number of fused-ring (bicyclic) bond motifs is 1. The van der Waals surface area contributed by atoms with Crippen LogP contribution in [0.25, 0.3) is 0 Å². The number of hydrogen-bond donors (Lipinski definition) is 0. The van der Waals surface area contributed by atoms with Crippen LogP contribution in [0.15, 0.2) is 11.6 Å². The predicted octanol–water partition coefficient (Wildman–Crippen LogP) is 2.84. The molecule has 2 aliphatic heterocycles. The number of unbranched alkanes of at least 4 members (excludes halogenated alkanes) is 2. The third kappa shape index (κ3) is 5.06. The molecule has 5 heteroatoms. The van der Waals surface area contributed by atoms with Crippen LogP contribution in [0.2, 0.25) is 0 Å². The molecular formula is C18H29NO4. The Morgan fingerprint density at radius 1 is 1.17 bits per heavy atom. The molecule has 0 bridgehead atoms. The Morgan fingerprint density at radius 2 is 1.87 bits per heavy atom. The molecule has 0 aromatic carbocycles. The van der Waals surface area contributed by atoms with E-state index in [4.69, 9.17) is 9.47 Å². The van der Waals surface area contributed by atoms with Gasteiger partial charge in [0.15, 0.2) is 0 Å². The van der Waals surface area contributed by atoms with Gasteiger partial charge in [0.25, 0.3) is 0 Å². The van der Waals surface area contributed by atoms with Gasteiger partial charge in [-0.05, 0) is 24.8 Å². The number of hydrogen-bond acceptors (Lipinski definition) is 5. The molecule has 0 radical (unpaired) electrons. The van der Waals surface area contributed by atoms with Crippen molar-refractivity contribution < 1.29 is 19.1 Å². The summed E-state index contributed by atoms with van der Waals surface area (Å²) in [6.07, 6.45) is 7.58. The smallest absolute Gasteiger partial charge is 0.306 e. The Bertz CT molecular complexity index is 446. The first kappa shape index (κ1) is 18.0. The van der Waals surface area contributed by atoms with Crippen LogP contribution in [0.4, 0.5) is 0 Å². The van der Waals surface area contributed by atoms with Crippen molar-refractivity contribution in [3.8, 4) is 0 Å². The largest absolute Gasteiger partial charge is 0.461 e. The fraction of sp³-hybridized carbons (Fsp3) is 0.778. The van der Waals surface area contributed by atoms with Crippen molar-refractivity contribution in [3.05, 3.63) is 11.6 Å². The summed E-state index contributed by atoms with van der Waals surface area (Å²) in [5.41, 5.74) is 1.08. The Labute approximate surface area is 139 Å². The number of nitrogens with zero attached hydrogens (tertiary/aromatic N) is 1. The molecule has 0 amide bonds. The van der Waals surface area contributed by atoms with Crippen molar-refractivity contribution in [2.45, 2.75) is 70.9 Å². The minimum absolute atomic E-state index is 0.0950. The first-order chi connectivity index (χ1) is 11.2. The molecular weight excluding hydrogens is 294 g/mol. The van der Waals surface area contributed by atoms with Gasteiger partial charge in [0, 0.05) is 25.9 Å². The molecule has 2 rings (SSSR count). The lowest BCUT2D eigenvalue weighted by Gasteiger charge is -2.24. The predicted molar refractivity (Wildman–Crippen MR) is 88.0 cm³/mol. The Kier molecular flexibility index (Phi) is 7.09. The molecule has 2 heterocycles. The van der Waals surface area contributed by atoms with Crippen molar-refractivity contribution in [2.75, 3.05) is 19.7 Å². The Hall–Kier alpha value is -1.36. The maximum absolute atomic E-state index is 11.9. The summed E-state index contributed by atoms with van der Waals surface area (Å²) in [6, 6.07) is 0.0968. The number of ether oxygens (including phenoxy) is 2. The first-order valence-electron chi connectivity index (χ1n) is 8.93. The highest BCUT2D eigenvalue weighted by Crippen LogP contribution is 2.31. The second-order valence-corrected chi connectivity index (χ2v) is 6.40. The van der Waals surface area contributed by atoms with Crippen LogP contribution in [0, 0.1) is 0 Å². The average molecular weight is 323 g/mol. The zero-order valence-corrected chi connectivity index (χ0v) is 14.4. The van der Waals surface area contributed by atoms with Crippen molar-refractivity contribution in [1.29, 1.82) is 0 Å².